The van der Waals surface area contributed by atoms with Crippen molar-refractivity contribution in [1.29, 1.82) is 0 Å². The Morgan fingerprint density at radius 1 is 1.45 bits per heavy atom. The van der Waals surface area contributed by atoms with E-state index >= 15 is 0 Å². The second-order valence-corrected chi connectivity index (χ2v) is 5.50. The maximum absolute atomic E-state index is 12.2. The third-order valence-corrected chi connectivity index (χ3v) is 4.06. The van der Waals surface area contributed by atoms with E-state index in [0.29, 0.717) is 5.13 Å². The summed E-state index contributed by atoms with van der Waals surface area (Å²) in [5, 5.41) is 6.88. The van der Waals surface area contributed by atoms with Crippen molar-refractivity contribution < 1.29 is 4.79 Å². The highest BCUT2D eigenvalue weighted by atomic mass is 32.1. The largest absolute Gasteiger partial charge is 0.348 e. The van der Waals surface area contributed by atoms with Gasteiger partial charge in [0.15, 0.2) is 0 Å². The first-order valence-corrected chi connectivity index (χ1v) is 7.51. The molecule has 5 nitrogen and oxygen atoms in total. The van der Waals surface area contributed by atoms with Gasteiger partial charge in [-0.05, 0) is 24.5 Å². The lowest BCUT2D eigenvalue weighted by Gasteiger charge is -2.13. The van der Waals surface area contributed by atoms with Crippen LogP contribution in [-0.2, 0) is 17.6 Å². The van der Waals surface area contributed by atoms with Crippen LogP contribution >= 0.6 is 11.5 Å². The van der Waals surface area contributed by atoms with Crippen LogP contribution in [0.1, 0.15) is 24.7 Å². The minimum atomic E-state index is -0.264. The van der Waals surface area contributed by atoms with Crippen molar-refractivity contribution in [2.45, 2.75) is 32.2 Å². The Morgan fingerprint density at radius 3 is 3.10 bits per heavy atom. The quantitative estimate of drug-likeness (QED) is 0.910. The summed E-state index contributed by atoms with van der Waals surface area (Å²) >= 11 is 1.31. The molecule has 1 atom stereocenters. The molecule has 20 heavy (non-hydrogen) atoms. The van der Waals surface area contributed by atoms with Gasteiger partial charge >= 0.3 is 0 Å². The lowest BCUT2D eigenvalue weighted by atomic mass is 10.1. The van der Waals surface area contributed by atoms with Gasteiger partial charge in [-0.3, -0.25) is 4.79 Å². The van der Waals surface area contributed by atoms with Gasteiger partial charge in [-0.15, -0.1) is 0 Å². The fourth-order valence-corrected chi connectivity index (χ4v) is 2.96. The Morgan fingerprint density at radius 2 is 2.30 bits per heavy atom. The first-order valence-electron chi connectivity index (χ1n) is 6.74. The standard InChI is InChI=1S/C14H16N4OS/c1-2-12-17-14(20-18-12)16-11-8-7-9-5-3-4-6-10(9)15-13(11)19/h3-6,11H,2,7-8H2,1H3,(H,15,19)(H,16,17,18). The topological polar surface area (TPSA) is 66.9 Å². The molecule has 2 aromatic rings. The van der Waals surface area contributed by atoms with E-state index in [1.807, 2.05) is 25.1 Å². The van der Waals surface area contributed by atoms with Gasteiger partial charge in [-0.1, -0.05) is 25.1 Å². The zero-order valence-corrected chi connectivity index (χ0v) is 12.0. The van der Waals surface area contributed by atoms with Crippen LogP contribution in [-0.4, -0.2) is 21.3 Å². The molecule has 0 spiro atoms. The van der Waals surface area contributed by atoms with Crippen LogP contribution in [0.4, 0.5) is 10.8 Å². The van der Waals surface area contributed by atoms with Gasteiger partial charge < -0.3 is 10.6 Å². The fourth-order valence-electron chi connectivity index (χ4n) is 2.25. The molecule has 3 rings (SSSR count). The van der Waals surface area contributed by atoms with Gasteiger partial charge in [0.1, 0.15) is 11.9 Å². The molecule has 1 unspecified atom stereocenters. The lowest BCUT2D eigenvalue weighted by Crippen LogP contribution is -2.33. The second kappa shape index (κ2) is 5.58. The van der Waals surface area contributed by atoms with Crippen molar-refractivity contribution in [3.63, 3.8) is 0 Å². The highest BCUT2D eigenvalue weighted by molar-refractivity contribution is 7.09. The molecule has 0 radical (unpaired) electrons. The number of carbonyl (C=O) groups is 1. The van der Waals surface area contributed by atoms with Crippen molar-refractivity contribution in [2.24, 2.45) is 0 Å². The van der Waals surface area contributed by atoms with Crippen molar-refractivity contribution in [3.05, 3.63) is 35.7 Å². The normalized spacial score (nSPS) is 18.1. The molecule has 1 aliphatic heterocycles. The maximum Gasteiger partial charge on any atom is 0.246 e. The first-order chi connectivity index (χ1) is 9.76. The summed E-state index contributed by atoms with van der Waals surface area (Å²) < 4.78 is 4.22. The molecule has 2 heterocycles. The number of amides is 1. The zero-order chi connectivity index (χ0) is 13.9. The number of nitrogens with one attached hydrogen (secondary N) is 2. The number of anilines is 2. The number of para-hydroxylation sites is 1. The van der Waals surface area contributed by atoms with Crippen molar-refractivity contribution in [3.8, 4) is 0 Å². The number of benzene rings is 1. The summed E-state index contributed by atoms with van der Waals surface area (Å²) in [4.78, 5) is 16.6. The molecule has 1 amide bonds. The van der Waals surface area contributed by atoms with E-state index in [1.54, 1.807) is 0 Å². The Bertz CT molecular complexity index is 625. The van der Waals surface area contributed by atoms with Crippen molar-refractivity contribution in [2.75, 3.05) is 10.6 Å². The van der Waals surface area contributed by atoms with Crippen LogP contribution in [0.2, 0.25) is 0 Å². The molecule has 0 bridgehead atoms. The molecular formula is C14H16N4OS. The number of carbonyl (C=O) groups excluding carboxylic acids is 1. The number of hydrogen-bond donors (Lipinski definition) is 2. The van der Waals surface area contributed by atoms with Gasteiger partial charge in [0.2, 0.25) is 11.0 Å². The first kappa shape index (κ1) is 13.1. The van der Waals surface area contributed by atoms with Crippen LogP contribution in [0.25, 0.3) is 0 Å². The van der Waals surface area contributed by atoms with E-state index < -0.39 is 0 Å². The molecule has 6 heteroatoms. The monoisotopic (exact) mass is 288 g/mol. The number of nitrogens with zero attached hydrogens (tertiary/aromatic N) is 2. The molecule has 0 aliphatic carbocycles. The summed E-state index contributed by atoms with van der Waals surface area (Å²) in [6, 6.07) is 7.66. The minimum Gasteiger partial charge on any atom is -0.348 e. The molecular weight excluding hydrogens is 272 g/mol. The third-order valence-electron chi connectivity index (χ3n) is 3.38. The Hall–Kier alpha value is -1.95. The minimum absolute atomic E-state index is 0.0109. The highest BCUT2D eigenvalue weighted by Gasteiger charge is 2.24. The molecule has 104 valence electrons. The summed E-state index contributed by atoms with van der Waals surface area (Å²) in [6.07, 6.45) is 2.43. The number of aryl methyl sites for hydroxylation is 2. The molecule has 1 aromatic carbocycles. The average Bonchev–Trinajstić information content (AvgIpc) is 2.85. The molecule has 1 aliphatic rings. The summed E-state index contributed by atoms with van der Waals surface area (Å²) in [7, 11) is 0. The number of hydrogen-bond acceptors (Lipinski definition) is 5. The predicted molar refractivity (Wildman–Crippen MR) is 80.1 cm³/mol. The number of fused-ring (bicyclic) bond motifs is 1. The van der Waals surface area contributed by atoms with Crippen LogP contribution in [0.5, 0.6) is 0 Å². The molecule has 2 N–H and O–H groups in total. The fraction of sp³-hybridized carbons (Fsp3) is 0.357. The summed E-state index contributed by atoms with van der Waals surface area (Å²) in [6.45, 7) is 2.01. The van der Waals surface area contributed by atoms with E-state index in [2.05, 4.69) is 26.1 Å². The van der Waals surface area contributed by atoms with E-state index in [0.717, 1.165) is 30.8 Å². The van der Waals surface area contributed by atoms with Crippen LogP contribution < -0.4 is 10.6 Å². The van der Waals surface area contributed by atoms with E-state index in [1.165, 1.54) is 17.1 Å². The lowest BCUT2D eigenvalue weighted by molar-refractivity contribution is -0.116. The van der Waals surface area contributed by atoms with Gasteiger partial charge in [0, 0.05) is 23.6 Å². The number of aromatic nitrogens is 2. The zero-order valence-electron chi connectivity index (χ0n) is 11.2. The SMILES string of the molecule is CCc1nsc(NC2CCc3ccccc3NC2=O)n1. The van der Waals surface area contributed by atoms with E-state index in [9.17, 15) is 4.79 Å². The number of rotatable bonds is 3. The molecule has 1 aromatic heterocycles. The van der Waals surface area contributed by atoms with E-state index in [-0.39, 0.29) is 11.9 Å². The van der Waals surface area contributed by atoms with Crippen LogP contribution in [0.15, 0.2) is 24.3 Å². The predicted octanol–water partition coefficient (Wildman–Crippen LogP) is 2.47. The Balaban J connectivity index is 1.74. The summed E-state index contributed by atoms with van der Waals surface area (Å²) in [5.41, 5.74) is 2.09. The second-order valence-electron chi connectivity index (χ2n) is 4.75. The van der Waals surface area contributed by atoms with E-state index in [4.69, 9.17) is 0 Å². The average molecular weight is 288 g/mol. The van der Waals surface area contributed by atoms with Crippen molar-refractivity contribution >= 4 is 28.3 Å². The smallest absolute Gasteiger partial charge is 0.246 e. The van der Waals surface area contributed by atoms with Gasteiger partial charge in [-0.25, -0.2) is 4.98 Å². The van der Waals surface area contributed by atoms with Gasteiger partial charge in [0.05, 0.1) is 0 Å². The molecule has 0 fully saturated rings. The Kier molecular flexibility index (Phi) is 3.64. The van der Waals surface area contributed by atoms with Crippen molar-refractivity contribution in [1.82, 2.24) is 9.36 Å². The maximum atomic E-state index is 12.2. The summed E-state index contributed by atoms with van der Waals surface area (Å²) in [5.74, 6) is 0.804. The highest BCUT2D eigenvalue weighted by Crippen LogP contribution is 2.23. The van der Waals surface area contributed by atoms with Gasteiger partial charge in [0.25, 0.3) is 0 Å². The molecule has 0 saturated heterocycles. The van der Waals surface area contributed by atoms with Gasteiger partial charge in [-0.2, -0.15) is 4.37 Å². The Labute approximate surface area is 121 Å². The van der Waals surface area contributed by atoms with Crippen LogP contribution in [0, 0.1) is 0 Å². The molecule has 0 saturated carbocycles. The van der Waals surface area contributed by atoms with Crippen LogP contribution in [0.3, 0.4) is 0 Å². The third kappa shape index (κ3) is 2.65.